The van der Waals surface area contributed by atoms with Crippen LogP contribution in [0.4, 0.5) is 0 Å². The van der Waals surface area contributed by atoms with Crippen LogP contribution in [0.1, 0.15) is 17.2 Å². The van der Waals surface area contributed by atoms with Crippen LogP contribution in [0.2, 0.25) is 0 Å². The first-order valence-corrected chi connectivity index (χ1v) is 9.92. The molecule has 1 aliphatic rings. The van der Waals surface area contributed by atoms with Gasteiger partial charge in [0.25, 0.3) is 0 Å². The Morgan fingerprint density at radius 2 is 1.68 bits per heavy atom. The van der Waals surface area contributed by atoms with Crippen molar-refractivity contribution >= 4 is 7.60 Å². The number of ether oxygens (including phenoxy) is 1. The summed E-state index contributed by atoms with van der Waals surface area (Å²) in [7, 11) is -0.435. The zero-order valence-corrected chi connectivity index (χ0v) is 15.5. The third-order valence-electron chi connectivity index (χ3n) is 4.62. The van der Waals surface area contributed by atoms with E-state index in [1.807, 2.05) is 48.5 Å². The Labute approximate surface area is 149 Å². The van der Waals surface area contributed by atoms with Crippen molar-refractivity contribution in [1.29, 1.82) is 0 Å². The van der Waals surface area contributed by atoms with Crippen LogP contribution in [-0.2, 0) is 24.8 Å². The molecule has 3 rings (SSSR count). The molecule has 2 aromatic carbocycles. The zero-order chi connectivity index (χ0) is 17.7. The number of benzene rings is 2. The minimum Gasteiger partial charge on any atom is -0.364 e. The highest BCUT2D eigenvalue weighted by Gasteiger charge is 2.44. The van der Waals surface area contributed by atoms with Gasteiger partial charge in [-0.1, -0.05) is 60.7 Å². The lowest BCUT2D eigenvalue weighted by molar-refractivity contribution is 0.114. The van der Waals surface area contributed by atoms with Crippen LogP contribution in [0.3, 0.4) is 0 Å². The van der Waals surface area contributed by atoms with Gasteiger partial charge < -0.3 is 13.8 Å². The summed E-state index contributed by atoms with van der Waals surface area (Å²) in [4.78, 5) is 2.09. The summed E-state index contributed by atoms with van der Waals surface area (Å²) >= 11 is 0. The molecule has 1 fully saturated rings. The lowest BCUT2D eigenvalue weighted by Crippen LogP contribution is -2.37. The summed E-state index contributed by atoms with van der Waals surface area (Å²) in [5.41, 5.74) is 2.22. The highest BCUT2D eigenvalue weighted by Crippen LogP contribution is 2.55. The molecule has 1 saturated heterocycles. The van der Waals surface area contributed by atoms with E-state index in [0.29, 0.717) is 19.8 Å². The molecule has 2 aromatic rings. The maximum atomic E-state index is 13.3. The molecular weight excluding hydrogens is 337 g/mol. The predicted molar refractivity (Wildman–Crippen MR) is 97.4 cm³/mol. The molecule has 6 heteroatoms. The molecule has 0 radical (unpaired) electrons. The van der Waals surface area contributed by atoms with Crippen LogP contribution < -0.4 is 0 Å². The minimum atomic E-state index is -3.32. The molecule has 0 aliphatic carbocycles. The third-order valence-corrected chi connectivity index (χ3v) is 6.85. The van der Waals surface area contributed by atoms with Crippen molar-refractivity contribution in [3.8, 4) is 0 Å². The first kappa shape index (κ1) is 18.3. The van der Waals surface area contributed by atoms with E-state index in [2.05, 4.69) is 17.0 Å². The van der Waals surface area contributed by atoms with E-state index in [1.165, 1.54) is 14.2 Å². The first-order valence-electron chi connectivity index (χ1n) is 8.31. The standard InChI is InChI=1S/C19H24NO4P/c1-22-25(21,23-2)19(13-16-9-5-3-6-10-16)20-15-24-14-18(20)17-11-7-4-8-12-17/h3-12,18-19H,13-15H2,1-2H3/t18-,19+/m0/s1. The molecule has 2 atom stereocenters. The van der Waals surface area contributed by atoms with Crippen molar-refractivity contribution in [2.75, 3.05) is 27.6 Å². The summed E-state index contributed by atoms with van der Waals surface area (Å²) in [5.74, 6) is -0.419. The van der Waals surface area contributed by atoms with Crippen molar-refractivity contribution in [1.82, 2.24) is 4.90 Å². The van der Waals surface area contributed by atoms with Gasteiger partial charge >= 0.3 is 7.60 Å². The molecule has 0 spiro atoms. The van der Waals surface area contributed by atoms with Crippen LogP contribution in [0, 0.1) is 0 Å². The van der Waals surface area contributed by atoms with E-state index in [9.17, 15) is 4.57 Å². The van der Waals surface area contributed by atoms with Gasteiger partial charge in [-0.3, -0.25) is 9.46 Å². The monoisotopic (exact) mass is 361 g/mol. The topological polar surface area (TPSA) is 48.0 Å². The maximum Gasteiger partial charge on any atom is 0.347 e. The third kappa shape index (κ3) is 4.02. The maximum absolute atomic E-state index is 13.3. The fraction of sp³-hybridized carbons (Fsp3) is 0.368. The Bertz CT molecular complexity index is 702. The molecule has 0 aromatic heterocycles. The van der Waals surface area contributed by atoms with Crippen LogP contribution in [0.15, 0.2) is 60.7 Å². The molecular formula is C19H24NO4P. The van der Waals surface area contributed by atoms with Gasteiger partial charge in [0.2, 0.25) is 0 Å². The van der Waals surface area contributed by atoms with E-state index in [-0.39, 0.29) is 6.04 Å². The van der Waals surface area contributed by atoms with Gasteiger partial charge in [0.1, 0.15) is 12.5 Å². The smallest absolute Gasteiger partial charge is 0.347 e. The van der Waals surface area contributed by atoms with Crippen molar-refractivity contribution in [3.63, 3.8) is 0 Å². The molecule has 0 unspecified atom stereocenters. The van der Waals surface area contributed by atoms with Gasteiger partial charge in [-0.05, 0) is 17.5 Å². The van der Waals surface area contributed by atoms with Crippen LogP contribution in [0.5, 0.6) is 0 Å². The number of hydrogen-bond donors (Lipinski definition) is 0. The molecule has 5 nitrogen and oxygen atoms in total. The van der Waals surface area contributed by atoms with Crippen LogP contribution in [0.25, 0.3) is 0 Å². The van der Waals surface area contributed by atoms with Crippen LogP contribution in [-0.4, -0.2) is 38.2 Å². The highest BCUT2D eigenvalue weighted by atomic mass is 31.2. The number of nitrogens with zero attached hydrogens (tertiary/aromatic N) is 1. The van der Waals surface area contributed by atoms with Gasteiger partial charge in [-0.25, -0.2) is 0 Å². The van der Waals surface area contributed by atoms with Crippen molar-refractivity contribution in [2.45, 2.75) is 18.2 Å². The normalized spacial score (nSPS) is 19.8. The summed E-state index contributed by atoms with van der Waals surface area (Å²) in [6.07, 6.45) is 0.562. The molecule has 1 aliphatic heterocycles. The fourth-order valence-corrected chi connectivity index (χ4v) is 4.93. The number of hydrogen-bond acceptors (Lipinski definition) is 5. The molecule has 0 saturated carbocycles. The second-order valence-electron chi connectivity index (χ2n) is 6.02. The summed E-state index contributed by atoms with van der Waals surface area (Å²) in [6, 6.07) is 20.1. The van der Waals surface area contributed by atoms with Gasteiger partial charge in [0.05, 0.1) is 12.6 Å². The summed E-state index contributed by atoms with van der Waals surface area (Å²) in [6.45, 7) is 0.955. The van der Waals surface area contributed by atoms with Gasteiger partial charge in [0, 0.05) is 14.2 Å². The minimum absolute atomic E-state index is 0.0218. The second kappa shape index (κ2) is 8.26. The molecule has 134 valence electrons. The molecule has 0 bridgehead atoms. The van der Waals surface area contributed by atoms with Gasteiger partial charge in [0.15, 0.2) is 0 Å². The molecule has 1 heterocycles. The Hall–Kier alpha value is -1.49. The van der Waals surface area contributed by atoms with Crippen molar-refractivity contribution in [2.24, 2.45) is 0 Å². The lowest BCUT2D eigenvalue weighted by Gasteiger charge is -2.34. The average molecular weight is 361 g/mol. The SMILES string of the molecule is COP(=O)(OC)[C@H](Cc1ccccc1)N1COC[C@H]1c1ccccc1. The Morgan fingerprint density at radius 1 is 1.08 bits per heavy atom. The predicted octanol–water partition coefficient (Wildman–Crippen LogP) is 4.07. The van der Waals surface area contributed by atoms with E-state index in [1.54, 1.807) is 0 Å². The summed E-state index contributed by atoms with van der Waals surface area (Å²) in [5, 5.41) is 0. The first-order chi connectivity index (χ1) is 12.2. The lowest BCUT2D eigenvalue weighted by atomic mass is 10.1. The van der Waals surface area contributed by atoms with Crippen molar-refractivity contribution in [3.05, 3.63) is 71.8 Å². The largest absolute Gasteiger partial charge is 0.364 e. The van der Waals surface area contributed by atoms with Crippen molar-refractivity contribution < 1.29 is 18.3 Å². The molecule has 0 N–H and O–H groups in total. The summed E-state index contributed by atoms with van der Waals surface area (Å²) < 4.78 is 29.7. The molecule has 25 heavy (non-hydrogen) atoms. The second-order valence-corrected chi connectivity index (χ2v) is 8.42. The van der Waals surface area contributed by atoms with Crippen LogP contribution >= 0.6 is 7.60 Å². The zero-order valence-electron chi connectivity index (χ0n) is 14.6. The average Bonchev–Trinajstić information content (AvgIpc) is 3.16. The number of rotatable bonds is 7. The highest BCUT2D eigenvalue weighted by molar-refractivity contribution is 7.54. The fourth-order valence-electron chi connectivity index (χ4n) is 3.27. The van der Waals surface area contributed by atoms with E-state index in [4.69, 9.17) is 13.8 Å². The molecule has 0 amide bonds. The van der Waals surface area contributed by atoms with Gasteiger partial charge in [-0.2, -0.15) is 0 Å². The quantitative estimate of drug-likeness (QED) is 0.696. The Balaban J connectivity index is 1.94. The Morgan fingerprint density at radius 3 is 2.28 bits per heavy atom. The van der Waals surface area contributed by atoms with Gasteiger partial charge in [-0.15, -0.1) is 0 Å². The van der Waals surface area contributed by atoms with E-state index < -0.39 is 13.4 Å². The van der Waals surface area contributed by atoms with E-state index >= 15 is 0 Å². The Kier molecular flexibility index (Phi) is 6.05. The van der Waals surface area contributed by atoms with E-state index in [0.717, 1.165) is 11.1 Å².